The van der Waals surface area contributed by atoms with E-state index in [-0.39, 0.29) is 5.56 Å². The Balaban J connectivity index is 2.04. The van der Waals surface area contributed by atoms with Crippen molar-refractivity contribution in [2.75, 3.05) is 0 Å². The summed E-state index contributed by atoms with van der Waals surface area (Å²) < 4.78 is 1.66. The number of rotatable bonds is 1. The van der Waals surface area contributed by atoms with Gasteiger partial charge in [-0.15, -0.1) is 11.3 Å². The monoisotopic (exact) mass is 371 g/mol. The van der Waals surface area contributed by atoms with E-state index in [1.165, 1.54) is 17.7 Å². The van der Waals surface area contributed by atoms with E-state index in [0.717, 1.165) is 37.0 Å². The van der Waals surface area contributed by atoms with E-state index in [9.17, 15) is 4.79 Å². The molecular formula is C16H10BrN3OS. The van der Waals surface area contributed by atoms with E-state index in [4.69, 9.17) is 4.98 Å². The van der Waals surface area contributed by atoms with Crippen molar-refractivity contribution < 1.29 is 0 Å². The highest BCUT2D eigenvalue weighted by Crippen LogP contribution is 2.33. The summed E-state index contributed by atoms with van der Waals surface area (Å²) >= 11 is 4.83. The number of fused-ring (bicyclic) bond motifs is 3. The largest absolute Gasteiger partial charge is 0.312 e. The van der Waals surface area contributed by atoms with Crippen molar-refractivity contribution in [3.8, 4) is 11.3 Å². The summed E-state index contributed by atoms with van der Waals surface area (Å²) in [5, 5.41) is 0.965. The minimum atomic E-state index is -0.113. The minimum Gasteiger partial charge on any atom is -0.312 e. The van der Waals surface area contributed by atoms with Gasteiger partial charge in [0.05, 0.1) is 17.5 Å². The molecule has 0 spiro atoms. The molecule has 0 aliphatic carbocycles. The predicted molar refractivity (Wildman–Crippen MR) is 93.4 cm³/mol. The van der Waals surface area contributed by atoms with Gasteiger partial charge < -0.3 is 4.98 Å². The number of aromatic amines is 1. The van der Waals surface area contributed by atoms with Crippen LogP contribution in [-0.4, -0.2) is 15.0 Å². The number of thiophene rings is 1. The van der Waals surface area contributed by atoms with Gasteiger partial charge in [-0.05, 0) is 30.7 Å². The zero-order valence-corrected chi connectivity index (χ0v) is 14.0. The second-order valence-electron chi connectivity index (χ2n) is 5.02. The van der Waals surface area contributed by atoms with Crippen LogP contribution in [0.15, 0.2) is 45.9 Å². The summed E-state index contributed by atoms with van der Waals surface area (Å²) in [6, 6.07) is 10.1. The number of nitrogens with one attached hydrogen (secondary N) is 1. The maximum Gasteiger partial charge on any atom is 0.268 e. The summed E-state index contributed by atoms with van der Waals surface area (Å²) in [7, 11) is 0. The Kier molecular flexibility index (Phi) is 3.09. The van der Waals surface area contributed by atoms with Gasteiger partial charge in [0.2, 0.25) is 0 Å². The summed E-state index contributed by atoms with van der Waals surface area (Å²) in [6.07, 6.45) is 1.44. The standard InChI is InChI=1S/C16H10BrN3OS/c1-8-6-11(9-2-4-10(17)5-3-9)20-16-12(8)13-14(22-16)15(21)19-7-18-13/h2-7H,1H3,(H,18,19,21). The van der Waals surface area contributed by atoms with Crippen LogP contribution in [0.4, 0.5) is 0 Å². The number of nitrogens with zero attached hydrogens (tertiary/aromatic N) is 2. The molecule has 0 unspecified atom stereocenters. The first-order valence-corrected chi connectivity index (χ1v) is 8.28. The van der Waals surface area contributed by atoms with E-state index >= 15 is 0 Å². The number of aromatic nitrogens is 3. The average Bonchev–Trinajstić information content (AvgIpc) is 2.88. The molecule has 0 saturated carbocycles. The topological polar surface area (TPSA) is 58.6 Å². The average molecular weight is 372 g/mol. The molecule has 3 heterocycles. The molecule has 0 aliphatic rings. The van der Waals surface area contributed by atoms with Crippen molar-refractivity contribution in [2.24, 2.45) is 0 Å². The summed E-state index contributed by atoms with van der Waals surface area (Å²) in [6.45, 7) is 2.03. The van der Waals surface area contributed by atoms with Gasteiger partial charge in [-0.25, -0.2) is 9.97 Å². The van der Waals surface area contributed by atoms with Crippen LogP contribution >= 0.6 is 27.3 Å². The highest BCUT2D eigenvalue weighted by atomic mass is 79.9. The van der Waals surface area contributed by atoms with Crippen molar-refractivity contribution >= 4 is 47.7 Å². The highest BCUT2D eigenvalue weighted by Gasteiger charge is 2.14. The van der Waals surface area contributed by atoms with Crippen LogP contribution in [0.5, 0.6) is 0 Å². The predicted octanol–water partition coefficient (Wildman–Crippen LogP) is 4.27. The maximum absolute atomic E-state index is 11.9. The van der Waals surface area contributed by atoms with E-state index in [0.29, 0.717) is 4.70 Å². The van der Waals surface area contributed by atoms with Crippen molar-refractivity contribution in [1.29, 1.82) is 0 Å². The van der Waals surface area contributed by atoms with Gasteiger partial charge in [-0.3, -0.25) is 4.79 Å². The van der Waals surface area contributed by atoms with Gasteiger partial charge >= 0.3 is 0 Å². The third-order valence-electron chi connectivity index (χ3n) is 3.57. The number of halogens is 1. The molecule has 1 N–H and O–H groups in total. The van der Waals surface area contributed by atoms with Crippen LogP contribution in [0, 0.1) is 6.92 Å². The van der Waals surface area contributed by atoms with E-state index in [2.05, 4.69) is 25.9 Å². The molecule has 0 radical (unpaired) electrons. The second-order valence-corrected chi connectivity index (χ2v) is 6.94. The number of hydrogen-bond acceptors (Lipinski definition) is 4. The molecule has 3 aromatic heterocycles. The quantitative estimate of drug-likeness (QED) is 0.543. The molecule has 0 amide bonds. The fourth-order valence-electron chi connectivity index (χ4n) is 2.53. The zero-order valence-electron chi connectivity index (χ0n) is 11.6. The molecule has 0 bridgehead atoms. The van der Waals surface area contributed by atoms with Crippen LogP contribution in [0.3, 0.4) is 0 Å². The first-order chi connectivity index (χ1) is 10.6. The first-order valence-electron chi connectivity index (χ1n) is 6.67. The Morgan fingerprint density at radius 1 is 1.23 bits per heavy atom. The smallest absolute Gasteiger partial charge is 0.268 e. The zero-order chi connectivity index (χ0) is 15.3. The maximum atomic E-state index is 11.9. The minimum absolute atomic E-state index is 0.113. The molecule has 108 valence electrons. The summed E-state index contributed by atoms with van der Waals surface area (Å²) in [5.74, 6) is 0. The van der Waals surface area contributed by atoms with Gasteiger partial charge in [-0.1, -0.05) is 28.1 Å². The number of pyridine rings is 1. The lowest BCUT2D eigenvalue weighted by Gasteiger charge is -2.04. The van der Waals surface area contributed by atoms with Gasteiger partial charge in [0.1, 0.15) is 9.53 Å². The van der Waals surface area contributed by atoms with Crippen molar-refractivity contribution in [3.05, 3.63) is 57.0 Å². The molecule has 4 rings (SSSR count). The molecule has 22 heavy (non-hydrogen) atoms. The Morgan fingerprint density at radius 2 is 2.00 bits per heavy atom. The van der Waals surface area contributed by atoms with Gasteiger partial charge in [0, 0.05) is 15.4 Å². The number of H-pyrrole nitrogens is 1. The molecule has 0 fully saturated rings. The lowest BCUT2D eigenvalue weighted by atomic mass is 10.1. The van der Waals surface area contributed by atoms with Crippen LogP contribution in [0.1, 0.15) is 5.56 Å². The van der Waals surface area contributed by atoms with E-state index < -0.39 is 0 Å². The fourth-order valence-corrected chi connectivity index (χ4v) is 3.89. The SMILES string of the molecule is Cc1cc(-c2ccc(Br)cc2)nc2sc3c(=O)[nH]cnc3c12. The molecule has 1 aromatic carbocycles. The van der Waals surface area contributed by atoms with Crippen molar-refractivity contribution in [3.63, 3.8) is 0 Å². The van der Waals surface area contributed by atoms with Crippen LogP contribution < -0.4 is 5.56 Å². The van der Waals surface area contributed by atoms with Gasteiger partial charge in [-0.2, -0.15) is 0 Å². The number of benzene rings is 1. The Labute approximate surface area is 138 Å². The van der Waals surface area contributed by atoms with E-state index in [1.54, 1.807) is 0 Å². The van der Waals surface area contributed by atoms with Crippen molar-refractivity contribution in [1.82, 2.24) is 15.0 Å². The molecule has 0 saturated heterocycles. The first kappa shape index (κ1) is 13.6. The summed E-state index contributed by atoms with van der Waals surface area (Å²) in [4.78, 5) is 24.4. The van der Waals surface area contributed by atoms with E-state index in [1.807, 2.05) is 37.3 Å². The molecular weight excluding hydrogens is 362 g/mol. The Bertz CT molecular complexity index is 1070. The van der Waals surface area contributed by atoms with Crippen molar-refractivity contribution in [2.45, 2.75) is 6.92 Å². The second kappa shape index (κ2) is 5.00. The van der Waals surface area contributed by atoms with Crippen LogP contribution in [0.25, 0.3) is 31.7 Å². The van der Waals surface area contributed by atoms with Gasteiger partial charge in [0.25, 0.3) is 5.56 Å². The highest BCUT2D eigenvalue weighted by molar-refractivity contribution is 9.10. The fraction of sp³-hybridized carbons (Fsp3) is 0.0625. The Hall–Kier alpha value is -2.05. The summed E-state index contributed by atoms with van der Waals surface area (Å²) in [5.41, 5.74) is 3.65. The third kappa shape index (κ3) is 2.07. The molecule has 0 atom stereocenters. The Morgan fingerprint density at radius 3 is 2.77 bits per heavy atom. The number of aryl methyl sites for hydroxylation is 1. The van der Waals surface area contributed by atoms with Crippen LogP contribution in [0.2, 0.25) is 0 Å². The van der Waals surface area contributed by atoms with Gasteiger partial charge in [0.15, 0.2) is 0 Å². The molecule has 4 aromatic rings. The third-order valence-corrected chi connectivity index (χ3v) is 5.17. The lowest BCUT2D eigenvalue weighted by molar-refractivity contribution is 1.18. The molecule has 6 heteroatoms. The molecule has 4 nitrogen and oxygen atoms in total. The lowest BCUT2D eigenvalue weighted by Crippen LogP contribution is -2.03. The molecule has 0 aliphatic heterocycles. The normalized spacial score (nSPS) is 11.4. The number of hydrogen-bond donors (Lipinski definition) is 1. The van der Waals surface area contributed by atoms with Crippen LogP contribution in [-0.2, 0) is 0 Å².